The van der Waals surface area contributed by atoms with Crippen molar-refractivity contribution in [1.29, 1.82) is 0 Å². The van der Waals surface area contributed by atoms with Gasteiger partial charge in [0.15, 0.2) is 0 Å². The van der Waals surface area contributed by atoms with Gasteiger partial charge in [0.1, 0.15) is 5.69 Å². The van der Waals surface area contributed by atoms with E-state index < -0.39 is 0 Å². The average molecular weight is 299 g/mol. The number of likely N-dealkylation sites (N-methyl/N-ethyl adjacent to an activating group) is 1. The normalized spacial score (nSPS) is 10.5. The van der Waals surface area contributed by atoms with E-state index in [9.17, 15) is 4.79 Å². The summed E-state index contributed by atoms with van der Waals surface area (Å²) < 4.78 is 0. The average Bonchev–Trinajstić information content (AvgIpc) is 2.54. The zero-order chi connectivity index (χ0) is 15.8. The van der Waals surface area contributed by atoms with Crippen LogP contribution in [0.5, 0.6) is 0 Å². The molecule has 2 N–H and O–H groups in total. The third-order valence-corrected chi connectivity index (χ3v) is 3.09. The first-order valence-electron chi connectivity index (χ1n) is 7.17. The highest BCUT2D eigenvalue weighted by atomic mass is 16.1. The van der Waals surface area contributed by atoms with Crippen LogP contribution in [0.3, 0.4) is 0 Å². The molecule has 116 valence electrons. The summed E-state index contributed by atoms with van der Waals surface area (Å²) in [5.41, 5.74) is 2.44. The highest BCUT2D eigenvalue weighted by Crippen LogP contribution is 2.09. The van der Waals surface area contributed by atoms with E-state index in [2.05, 4.69) is 25.5 Å². The molecule has 0 fully saturated rings. The van der Waals surface area contributed by atoms with E-state index in [1.54, 1.807) is 6.20 Å². The maximum Gasteiger partial charge on any atom is 0.271 e. The van der Waals surface area contributed by atoms with Gasteiger partial charge in [-0.15, -0.1) is 0 Å². The van der Waals surface area contributed by atoms with Gasteiger partial charge in [-0.2, -0.15) is 0 Å². The maximum atomic E-state index is 11.9. The molecule has 2 aromatic rings. The molecule has 0 aliphatic carbocycles. The summed E-state index contributed by atoms with van der Waals surface area (Å²) in [4.78, 5) is 21.8. The molecule has 0 saturated carbocycles. The van der Waals surface area contributed by atoms with E-state index >= 15 is 0 Å². The smallest absolute Gasteiger partial charge is 0.271 e. The van der Waals surface area contributed by atoms with Gasteiger partial charge < -0.3 is 15.5 Å². The first-order valence-corrected chi connectivity index (χ1v) is 7.17. The second-order valence-electron chi connectivity index (χ2n) is 5.20. The second-order valence-corrected chi connectivity index (χ2v) is 5.20. The molecule has 0 aliphatic rings. The summed E-state index contributed by atoms with van der Waals surface area (Å²) in [5.74, 6) is -0.221. The number of nitrogens with one attached hydrogen (secondary N) is 2. The van der Waals surface area contributed by atoms with Crippen molar-refractivity contribution < 1.29 is 4.79 Å². The molecule has 1 aromatic carbocycles. The summed E-state index contributed by atoms with van der Waals surface area (Å²) in [6.45, 7) is 2.35. The van der Waals surface area contributed by atoms with Gasteiger partial charge in [0.25, 0.3) is 5.91 Å². The molecule has 6 heteroatoms. The number of carbonyl (C=O) groups excluding carboxylic acids is 1. The monoisotopic (exact) mass is 299 g/mol. The van der Waals surface area contributed by atoms with Gasteiger partial charge in [-0.1, -0.05) is 12.1 Å². The van der Waals surface area contributed by atoms with Crippen molar-refractivity contribution in [2.24, 2.45) is 0 Å². The lowest BCUT2D eigenvalue weighted by molar-refractivity contribution is 0.0945. The van der Waals surface area contributed by atoms with Gasteiger partial charge >= 0.3 is 0 Å². The summed E-state index contributed by atoms with van der Waals surface area (Å²) in [7, 11) is 4.09. The maximum absolute atomic E-state index is 11.9. The van der Waals surface area contributed by atoms with Crippen LogP contribution in [0.4, 0.5) is 5.69 Å². The molecule has 2 rings (SSSR count). The number of hydrogen-bond acceptors (Lipinski definition) is 5. The minimum atomic E-state index is -0.221. The molecule has 0 saturated heterocycles. The van der Waals surface area contributed by atoms with Gasteiger partial charge in [0.2, 0.25) is 0 Å². The van der Waals surface area contributed by atoms with Crippen LogP contribution in [-0.2, 0) is 6.54 Å². The minimum Gasteiger partial charge on any atom is -0.384 e. The number of carbonyl (C=O) groups is 1. The first kappa shape index (κ1) is 15.9. The molecule has 22 heavy (non-hydrogen) atoms. The molecule has 6 nitrogen and oxygen atoms in total. The number of rotatable bonds is 7. The van der Waals surface area contributed by atoms with Crippen molar-refractivity contribution in [3.8, 4) is 0 Å². The van der Waals surface area contributed by atoms with Crippen molar-refractivity contribution in [2.45, 2.75) is 6.54 Å². The first-order chi connectivity index (χ1) is 10.6. The third kappa shape index (κ3) is 5.14. The van der Waals surface area contributed by atoms with Gasteiger partial charge in [-0.3, -0.25) is 9.78 Å². The number of aromatic nitrogens is 2. The Hall–Kier alpha value is -2.47. The number of nitrogens with zero attached hydrogens (tertiary/aromatic N) is 3. The SMILES string of the molecule is CN(C)CCNc1ccc(CNC(=O)c2cnccn2)cc1. The minimum absolute atomic E-state index is 0.221. The standard InChI is InChI=1S/C16H21N5O/c1-21(2)10-9-18-14-5-3-13(4-6-14)11-20-16(22)15-12-17-7-8-19-15/h3-8,12,18H,9-11H2,1-2H3,(H,20,22). The fourth-order valence-electron chi connectivity index (χ4n) is 1.85. The Morgan fingerprint density at radius 2 is 1.95 bits per heavy atom. The van der Waals surface area contributed by atoms with Crippen LogP contribution in [0.2, 0.25) is 0 Å². The lowest BCUT2D eigenvalue weighted by Gasteiger charge is -2.11. The summed E-state index contributed by atoms with van der Waals surface area (Å²) in [5, 5.41) is 6.17. The van der Waals surface area contributed by atoms with Crippen molar-refractivity contribution in [1.82, 2.24) is 20.2 Å². The van der Waals surface area contributed by atoms with Crippen LogP contribution in [0.25, 0.3) is 0 Å². The number of benzene rings is 1. The van der Waals surface area contributed by atoms with Gasteiger partial charge in [0.05, 0.1) is 6.20 Å². The number of hydrogen-bond donors (Lipinski definition) is 2. The van der Waals surface area contributed by atoms with Crippen molar-refractivity contribution in [2.75, 3.05) is 32.5 Å². The highest BCUT2D eigenvalue weighted by Gasteiger charge is 2.06. The highest BCUT2D eigenvalue weighted by molar-refractivity contribution is 5.91. The van der Waals surface area contributed by atoms with E-state index in [0.717, 1.165) is 24.3 Å². The lowest BCUT2D eigenvalue weighted by atomic mass is 10.2. The topological polar surface area (TPSA) is 70.2 Å². The van der Waals surface area contributed by atoms with Gasteiger partial charge in [-0.05, 0) is 31.8 Å². The van der Waals surface area contributed by atoms with Crippen LogP contribution in [0.1, 0.15) is 16.1 Å². The largest absolute Gasteiger partial charge is 0.384 e. The molecule has 1 amide bonds. The molecule has 0 spiro atoms. The van der Waals surface area contributed by atoms with Crippen molar-refractivity contribution in [3.05, 3.63) is 54.1 Å². The molecule has 0 bridgehead atoms. The Labute approximate surface area is 130 Å². The zero-order valence-electron chi connectivity index (χ0n) is 12.9. The Morgan fingerprint density at radius 1 is 1.18 bits per heavy atom. The number of amides is 1. The number of anilines is 1. The van der Waals surface area contributed by atoms with Crippen LogP contribution in [-0.4, -0.2) is 48.0 Å². The molecular weight excluding hydrogens is 278 g/mol. The predicted molar refractivity (Wildman–Crippen MR) is 86.7 cm³/mol. The fraction of sp³-hybridized carbons (Fsp3) is 0.312. The zero-order valence-corrected chi connectivity index (χ0v) is 12.9. The lowest BCUT2D eigenvalue weighted by Crippen LogP contribution is -2.23. The Balaban J connectivity index is 1.80. The molecule has 0 radical (unpaired) electrons. The van der Waals surface area contributed by atoms with E-state index in [1.165, 1.54) is 12.4 Å². The van der Waals surface area contributed by atoms with E-state index in [1.807, 2.05) is 38.4 Å². The molecule has 0 aliphatic heterocycles. The van der Waals surface area contributed by atoms with Crippen molar-refractivity contribution >= 4 is 11.6 Å². The van der Waals surface area contributed by atoms with E-state index in [0.29, 0.717) is 12.2 Å². The quantitative estimate of drug-likeness (QED) is 0.808. The van der Waals surface area contributed by atoms with Gasteiger partial charge in [0, 0.05) is 37.7 Å². The summed E-state index contributed by atoms with van der Waals surface area (Å²) in [6, 6.07) is 8.02. The molecular formula is C16H21N5O. The molecule has 0 atom stereocenters. The van der Waals surface area contributed by atoms with Crippen molar-refractivity contribution in [3.63, 3.8) is 0 Å². The third-order valence-electron chi connectivity index (χ3n) is 3.09. The Morgan fingerprint density at radius 3 is 2.59 bits per heavy atom. The molecule has 1 heterocycles. The summed E-state index contributed by atoms with van der Waals surface area (Å²) >= 11 is 0. The predicted octanol–water partition coefficient (Wildman–Crippen LogP) is 1.38. The fourth-order valence-corrected chi connectivity index (χ4v) is 1.85. The molecule has 1 aromatic heterocycles. The van der Waals surface area contributed by atoms with Crippen LogP contribution in [0.15, 0.2) is 42.9 Å². The van der Waals surface area contributed by atoms with E-state index in [-0.39, 0.29) is 5.91 Å². The Bertz CT molecular complexity index is 583. The van der Waals surface area contributed by atoms with Crippen LogP contribution >= 0.6 is 0 Å². The van der Waals surface area contributed by atoms with E-state index in [4.69, 9.17) is 0 Å². The summed E-state index contributed by atoms with van der Waals surface area (Å²) in [6.07, 6.45) is 4.50. The molecule has 0 unspecified atom stereocenters. The van der Waals surface area contributed by atoms with Crippen LogP contribution < -0.4 is 10.6 Å². The second kappa shape index (κ2) is 8.09. The Kier molecular flexibility index (Phi) is 5.85. The van der Waals surface area contributed by atoms with Crippen LogP contribution in [0, 0.1) is 0 Å². The van der Waals surface area contributed by atoms with Gasteiger partial charge in [-0.25, -0.2) is 4.98 Å².